The summed E-state index contributed by atoms with van der Waals surface area (Å²) in [5, 5.41) is 2.50. The van der Waals surface area contributed by atoms with Crippen LogP contribution in [-0.2, 0) is 0 Å². The van der Waals surface area contributed by atoms with Crippen LogP contribution in [0, 0.1) is 5.82 Å². The summed E-state index contributed by atoms with van der Waals surface area (Å²) in [6.45, 7) is 0. The van der Waals surface area contributed by atoms with Gasteiger partial charge in [0.05, 0.1) is 0 Å². The molecule has 1 heterocycles. The highest BCUT2D eigenvalue weighted by atomic mass is 19.1. The zero-order valence-electron chi connectivity index (χ0n) is 12.7. The minimum atomic E-state index is -0.633. The summed E-state index contributed by atoms with van der Waals surface area (Å²) < 4.78 is 13.2. The van der Waals surface area contributed by atoms with Crippen LogP contribution in [0.3, 0.4) is 0 Å². The van der Waals surface area contributed by atoms with Crippen molar-refractivity contribution in [2.75, 3.05) is 5.32 Å². The smallest absolute Gasteiger partial charge is 0.317 e. The molecule has 0 saturated heterocycles. The molecule has 1 aromatic heterocycles. The Morgan fingerprint density at radius 1 is 1.04 bits per heavy atom. The number of hydrogen-bond acceptors (Lipinski definition) is 2. The quantitative estimate of drug-likeness (QED) is 0.892. The molecule has 0 aliphatic heterocycles. The lowest BCUT2D eigenvalue weighted by atomic mass is 9.84. The van der Waals surface area contributed by atoms with Gasteiger partial charge in [-0.2, -0.15) is 0 Å². The maximum atomic E-state index is 13.2. The number of carbonyl (C=O) groups is 1. The number of primary amides is 1. The first kappa shape index (κ1) is 15.2. The summed E-state index contributed by atoms with van der Waals surface area (Å²) in [5.74, 6) is 0.204. The Bertz CT molecular complexity index is 753. The maximum Gasteiger partial charge on any atom is 0.317 e. The molecule has 1 aliphatic rings. The van der Waals surface area contributed by atoms with Crippen molar-refractivity contribution < 1.29 is 9.18 Å². The number of nitrogens with zero attached hydrogens (tertiary/aromatic N) is 1. The first-order valence-electron chi connectivity index (χ1n) is 7.64. The molecule has 0 saturated carbocycles. The summed E-state index contributed by atoms with van der Waals surface area (Å²) in [4.78, 5) is 15.1. The second-order valence-corrected chi connectivity index (χ2v) is 5.59. The average molecular weight is 311 g/mol. The number of anilines is 1. The van der Waals surface area contributed by atoms with E-state index in [-0.39, 0.29) is 5.82 Å². The first-order chi connectivity index (χ1) is 11.1. The van der Waals surface area contributed by atoms with Crippen molar-refractivity contribution in [1.82, 2.24) is 4.98 Å². The average Bonchev–Trinajstić information content (AvgIpc) is 2.55. The van der Waals surface area contributed by atoms with Crippen LogP contribution in [0.4, 0.5) is 15.0 Å². The number of hydrogen-bond donors (Lipinski definition) is 2. The largest absolute Gasteiger partial charge is 0.351 e. The molecule has 1 aromatic carbocycles. The van der Waals surface area contributed by atoms with E-state index in [0.717, 1.165) is 36.8 Å². The molecular formula is C18H18FN3O. The zero-order valence-corrected chi connectivity index (χ0v) is 12.7. The summed E-state index contributed by atoms with van der Waals surface area (Å²) in [7, 11) is 0. The van der Waals surface area contributed by atoms with Crippen LogP contribution in [-0.4, -0.2) is 11.0 Å². The number of benzene rings is 1. The molecule has 23 heavy (non-hydrogen) atoms. The molecule has 118 valence electrons. The van der Waals surface area contributed by atoms with Crippen LogP contribution < -0.4 is 11.1 Å². The van der Waals surface area contributed by atoms with Gasteiger partial charge >= 0.3 is 6.03 Å². The lowest BCUT2D eigenvalue weighted by Gasteiger charge is -2.21. The third-order valence-electron chi connectivity index (χ3n) is 4.02. The van der Waals surface area contributed by atoms with Gasteiger partial charge in [0.25, 0.3) is 0 Å². The van der Waals surface area contributed by atoms with E-state index in [9.17, 15) is 9.18 Å². The van der Waals surface area contributed by atoms with Gasteiger partial charge in [-0.25, -0.2) is 14.2 Å². The lowest BCUT2D eigenvalue weighted by molar-refractivity contribution is 0.259. The van der Waals surface area contributed by atoms with Crippen molar-refractivity contribution in [1.29, 1.82) is 0 Å². The fraction of sp³-hybridized carbons (Fsp3) is 0.222. The number of urea groups is 1. The van der Waals surface area contributed by atoms with Crippen molar-refractivity contribution in [3.05, 3.63) is 59.5 Å². The zero-order chi connectivity index (χ0) is 16.2. The SMILES string of the molecule is NC(=O)Nc1cc(C2=C(c3ccc(F)cc3)CCCC2)ccn1. The normalized spacial score (nSPS) is 14.7. The highest BCUT2D eigenvalue weighted by Gasteiger charge is 2.16. The van der Waals surface area contributed by atoms with Gasteiger partial charge in [-0.15, -0.1) is 0 Å². The predicted molar refractivity (Wildman–Crippen MR) is 89.1 cm³/mol. The van der Waals surface area contributed by atoms with Gasteiger partial charge in [0, 0.05) is 6.20 Å². The summed E-state index contributed by atoms with van der Waals surface area (Å²) in [6.07, 6.45) is 5.80. The highest BCUT2D eigenvalue weighted by Crippen LogP contribution is 2.38. The summed E-state index contributed by atoms with van der Waals surface area (Å²) in [5.41, 5.74) is 9.66. The number of amides is 2. The number of pyridine rings is 1. The van der Waals surface area contributed by atoms with Gasteiger partial charge in [-0.05, 0) is 72.2 Å². The Morgan fingerprint density at radius 2 is 1.70 bits per heavy atom. The van der Waals surface area contributed by atoms with E-state index in [0.29, 0.717) is 5.82 Å². The van der Waals surface area contributed by atoms with E-state index in [1.54, 1.807) is 6.20 Å². The molecule has 0 atom stereocenters. The van der Waals surface area contributed by atoms with E-state index < -0.39 is 6.03 Å². The van der Waals surface area contributed by atoms with E-state index >= 15 is 0 Å². The van der Waals surface area contributed by atoms with Gasteiger partial charge in [0.15, 0.2) is 0 Å². The van der Waals surface area contributed by atoms with Crippen molar-refractivity contribution in [2.45, 2.75) is 25.7 Å². The van der Waals surface area contributed by atoms with Crippen molar-refractivity contribution >= 4 is 23.0 Å². The number of aromatic nitrogens is 1. The number of nitrogens with two attached hydrogens (primary N) is 1. The first-order valence-corrected chi connectivity index (χ1v) is 7.64. The minimum Gasteiger partial charge on any atom is -0.351 e. The van der Waals surface area contributed by atoms with E-state index in [2.05, 4.69) is 10.3 Å². The van der Waals surface area contributed by atoms with Crippen LogP contribution in [0.1, 0.15) is 36.8 Å². The third kappa shape index (κ3) is 3.56. The van der Waals surface area contributed by atoms with E-state index in [1.807, 2.05) is 24.3 Å². The number of allylic oxidation sites excluding steroid dienone is 2. The molecule has 1 aliphatic carbocycles. The fourth-order valence-electron chi connectivity index (χ4n) is 3.01. The van der Waals surface area contributed by atoms with Gasteiger partial charge in [-0.1, -0.05) is 12.1 Å². The lowest BCUT2D eigenvalue weighted by Crippen LogP contribution is -2.20. The number of halogens is 1. The second kappa shape index (κ2) is 6.60. The van der Waals surface area contributed by atoms with Crippen LogP contribution >= 0.6 is 0 Å². The molecule has 0 radical (unpaired) electrons. The van der Waals surface area contributed by atoms with E-state index in [4.69, 9.17) is 5.73 Å². The van der Waals surface area contributed by atoms with Gasteiger partial charge in [-0.3, -0.25) is 5.32 Å². The van der Waals surface area contributed by atoms with Crippen LogP contribution in [0.5, 0.6) is 0 Å². The standard InChI is InChI=1S/C18H18FN3O/c19-14-7-5-12(6-8-14)15-3-1-2-4-16(15)13-9-10-21-17(11-13)22-18(20)23/h5-11H,1-4H2,(H3,20,21,22,23). The number of carbonyl (C=O) groups excluding carboxylic acids is 1. The Hall–Kier alpha value is -2.69. The summed E-state index contributed by atoms with van der Waals surface area (Å²) >= 11 is 0. The monoisotopic (exact) mass is 311 g/mol. The Morgan fingerprint density at radius 3 is 2.35 bits per heavy atom. The summed E-state index contributed by atoms with van der Waals surface area (Å²) in [6, 6.07) is 9.73. The molecule has 2 aromatic rings. The molecule has 0 bridgehead atoms. The molecule has 0 spiro atoms. The van der Waals surface area contributed by atoms with E-state index in [1.165, 1.54) is 23.3 Å². The molecule has 3 rings (SSSR count). The van der Waals surface area contributed by atoms with Crippen molar-refractivity contribution in [2.24, 2.45) is 5.73 Å². The van der Waals surface area contributed by atoms with Crippen molar-refractivity contribution in [3.63, 3.8) is 0 Å². The Labute approximate surface area is 134 Å². The predicted octanol–water partition coefficient (Wildman–Crippen LogP) is 4.20. The fourth-order valence-corrected chi connectivity index (χ4v) is 3.01. The topological polar surface area (TPSA) is 68.0 Å². The molecule has 0 unspecified atom stereocenters. The van der Waals surface area contributed by atoms with Crippen molar-refractivity contribution in [3.8, 4) is 0 Å². The molecule has 4 nitrogen and oxygen atoms in total. The maximum absolute atomic E-state index is 13.2. The van der Waals surface area contributed by atoms with Gasteiger partial charge < -0.3 is 5.73 Å². The number of rotatable bonds is 3. The van der Waals surface area contributed by atoms with Crippen LogP contribution in [0.2, 0.25) is 0 Å². The molecule has 2 amide bonds. The van der Waals surface area contributed by atoms with Gasteiger partial charge in [0.1, 0.15) is 11.6 Å². The Kier molecular flexibility index (Phi) is 4.37. The number of nitrogens with one attached hydrogen (secondary N) is 1. The molecular weight excluding hydrogens is 293 g/mol. The second-order valence-electron chi connectivity index (χ2n) is 5.59. The minimum absolute atomic E-state index is 0.233. The van der Waals surface area contributed by atoms with Crippen LogP contribution in [0.15, 0.2) is 42.6 Å². The highest BCUT2D eigenvalue weighted by molar-refractivity contribution is 5.93. The van der Waals surface area contributed by atoms with Gasteiger partial charge in [0.2, 0.25) is 0 Å². The van der Waals surface area contributed by atoms with Crippen LogP contribution in [0.25, 0.3) is 11.1 Å². The Balaban J connectivity index is 2.03. The molecule has 0 fully saturated rings. The third-order valence-corrected chi connectivity index (χ3v) is 4.02. The molecule has 5 heteroatoms. The molecule has 3 N–H and O–H groups in total.